The lowest BCUT2D eigenvalue weighted by molar-refractivity contribution is -0.139. The first-order valence-corrected chi connectivity index (χ1v) is 5.12. The van der Waals surface area contributed by atoms with E-state index in [1.807, 2.05) is 4.90 Å². The lowest BCUT2D eigenvalue weighted by Crippen LogP contribution is -2.50. The molecule has 2 atom stereocenters. The predicted octanol–water partition coefficient (Wildman–Crippen LogP) is 1.25. The molecular formula is C9H16ClNO2. The van der Waals surface area contributed by atoms with Crippen molar-refractivity contribution in [1.29, 1.82) is 0 Å². The number of rotatable bonds is 2. The minimum atomic E-state index is -0.424. The summed E-state index contributed by atoms with van der Waals surface area (Å²) in [6, 6.07) is 0.211. The first kappa shape index (κ1) is 10.8. The first-order valence-electron chi connectivity index (χ1n) is 4.69. The molecule has 2 unspecified atom stereocenters. The summed E-state index contributed by atoms with van der Waals surface area (Å²) < 4.78 is 5.30. The van der Waals surface area contributed by atoms with Crippen LogP contribution in [0.15, 0.2) is 0 Å². The fourth-order valence-corrected chi connectivity index (χ4v) is 1.64. The third-order valence-corrected chi connectivity index (χ3v) is 2.51. The van der Waals surface area contributed by atoms with Crippen LogP contribution in [0.1, 0.15) is 20.3 Å². The number of nitrogens with zero attached hydrogens (tertiary/aromatic N) is 1. The predicted molar refractivity (Wildman–Crippen MR) is 51.9 cm³/mol. The summed E-state index contributed by atoms with van der Waals surface area (Å²) in [5.74, 6) is 0.0248. The number of amides is 1. The second kappa shape index (κ2) is 4.82. The summed E-state index contributed by atoms with van der Waals surface area (Å²) in [5, 5.41) is -0.424. The van der Waals surface area contributed by atoms with E-state index in [0.717, 1.165) is 6.42 Å². The van der Waals surface area contributed by atoms with Crippen LogP contribution < -0.4 is 0 Å². The van der Waals surface area contributed by atoms with Crippen LogP contribution in [-0.2, 0) is 9.53 Å². The number of hydrogen-bond acceptors (Lipinski definition) is 2. The lowest BCUT2D eigenvalue weighted by atomic mass is 10.1. The van der Waals surface area contributed by atoms with E-state index in [0.29, 0.717) is 19.8 Å². The first-order chi connectivity index (χ1) is 6.16. The number of alkyl halides is 1. The monoisotopic (exact) mass is 205 g/mol. The van der Waals surface area contributed by atoms with Gasteiger partial charge in [-0.2, -0.15) is 0 Å². The number of ether oxygens (including phenoxy) is 1. The van der Waals surface area contributed by atoms with E-state index in [2.05, 4.69) is 6.92 Å². The maximum atomic E-state index is 11.6. The molecule has 13 heavy (non-hydrogen) atoms. The second-order valence-electron chi connectivity index (χ2n) is 3.28. The zero-order chi connectivity index (χ0) is 9.84. The molecule has 0 aromatic heterocycles. The Bertz CT molecular complexity index is 184. The molecule has 1 fully saturated rings. The van der Waals surface area contributed by atoms with E-state index >= 15 is 0 Å². The molecule has 4 heteroatoms. The molecule has 0 spiro atoms. The van der Waals surface area contributed by atoms with Crippen molar-refractivity contribution >= 4 is 17.5 Å². The molecular weight excluding hydrogens is 190 g/mol. The van der Waals surface area contributed by atoms with Crippen molar-refractivity contribution < 1.29 is 9.53 Å². The molecule has 0 aromatic rings. The van der Waals surface area contributed by atoms with Gasteiger partial charge in [0.1, 0.15) is 5.38 Å². The fraction of sp³-hybridized carbons (Fsp3) is 0.889. The summed E-state index contributed by atoms with van der Waals surface area (Å²) in [4.78, 5) is 13.4. The summed E-state index contributed by atoms with van der Waals surface area (Å²) in [7, 11) is 0. The zero-order valence-electron chi connectivity index (χ0n) is 8.12. The van der Waals surface area contributed by atoms with Crippen molar-refractivity contribution in [3.8, 4) is 0 Å². The number of hydrogen-bond donors (Lipinski definition) is 0. The average molecular weight is 206 g/mol. The van der Waals surface area contributed by atoms with Crippen molar-refractivity contribution in [3.05, 3.63) is 0 Å². The van der Waals surface area contributed by atoms with Crippen molar-refractivity contribution in [1.82, 2.24) is 4.90 Å². The molecule has 3 nitrogen and oxygen atoms in total. The van der Waals surface area contributed by atoms with Crippen LogP contribution in [0.4, 0.5) is 0 Å². The molecule has 1 aliphatic heterocycles. The van der Waals surface area contributed by atoms with Crippen molar-refractivity contribution in [2.45, 2.75) is 31.7 Å². The molecule has 0 aliphatic carbocycles. The maximum absolute atomic E-state index is 11.6. The zero-order valence-corrected chi connectivity index (χ0v) is 8.88. The normalized spacial score (nSPS) is 25.8. The molecule has 1 amide bonds. The standard InChI is InChI=1S/C9H16ClNO2/c1-3-8-6-13-5-4-11(8)9(12)7(2)10/h7-8H,3-6H2,1-2H3. The fourth-order valence-electron chi connectivity index (χ4n) is 1.51. The lowest BCUT2D eigenvalue weighted by Gasteiger charge is -2.35. The van der Waals surface area contributed by atoms with Gasteiger partial charge in [0.25, 0.3) is 0 Å². The molecule has 0 bridgehead atoms. The van der Waals surface area contributed by atoms with Gasteiger partial charge in [-0.3, -0.25) is 4.79 Å². The van der Waals surface area contributed by atoms with Crippen LogP contribution in [0, 0.1) is 0 Å². The van der Waals surface area contributed by atoms with Crippen LogP contribution in [0.3, 0.4) is 0 Å². The second-order valence-corrected chi connectivity index (χ2v) is 3.94. The number of morpholine rings is 1. The van der Waals surface area contributed by atoms with E-state index in [4.69, 9.17) is 16.3 Å². The third-order valence-electron chi connectivity index (χ3n) is 2.32. The third kappa shape index (κ3) is 2.58. The quantitative estimate of drug-likeness (QED) is 0.636. The Morgan fingerprint density at radius 3 is 3.00 bits per heavy atom. The van der Waals surface area contributed by atoms with Gasteiger partial charge in [0.05, 0.1) is 19.3 Å². The smallest absolute Gasteiger partial charge is 0.240 e. The Morgan fingerprint density at radius 2 is 2.46 bits per heavy atom. The van der Waals surface area contributed by atoms with Gasteiger partial charge in [-0.15, -0.1) is 11.6 Å². The number of carbonyl (C=O) groups excluding carboxylic acids is 1. The van der Waals surface area contributed by atoms with Crippen LogP contribution in [0.2, 0.25) is 0 Å². The number of halogens is 1. The van der Waals surface area contributed by atoms with E-state index in [1.54, 1.807) is 6.92 Å². The van der Waals surface area contributed by atoms with Crippen LogP contribution in [0.25, 0.3) is 0 Å². The minimum absolute atomic E-state index is 0.0248. The van der Waals surface area contributed by atoms with Gasteiger partial charge in [0.15, 0.2) is 0 Å². The van der Waals surface area contributed by atoms with Gasteiger partial charge in [-0.05, 0) is 13.3 Å². The summed E-state index contributed by atoms with van der Waals surface area (Å²) in [5.41, 5.74) is 0. The Labute approximate surface area is 84.0 Å². The molecule has 1 heterocycles. The van der Waals surface area contributed by atoms with E-state index < -0.39 is 5.38 Å². The average Bonchev–Trinajstić information content (AvgIpc) is 2.16. The van der Waals surface area contributed by atoms with Gasteiger partial charge >= 0.3 is 0 Å². The van der Waals surface area contributed by atoms with Crippen molar-refractivity contribution in [2.24, 2.45) is 0 Å². The van der Waals surface area contributed by atoms with Gasteiger partial charge in [-0.1, -0.05) is 6.92 Å². The molecule has 0 N–H and O–H groups in total. The molecule has 0 aromatic carbocycles. The van der Waals surface area contributed by atoms with Gasteiger partial charge in [-0.25, -0.2) is 0 Å². The summed E-state index contributed by atoms with van der Waals surface area (Å²) in [6.45, 7) is 5.72. The Hall–Kier alpha value is -0.280. The van der Waals surface area contributed by atoms with Crippen LogP contribution >= 0.6 is 11.6 Å². The summed E-state index contributed by atoms with van der Waals surface area (Å²) >= 11 is 5.75. The van der Waals surface area contributed by atoms with Gasteiger partial charge in [0, 0.05) is 6.54 Å². The Morgan fingerprint density at radius 1 is 1.77 bits per heavy atom. The molecule has 1 aliphatic rings. The molecule has 0 saturated carbocycles. The van der Waals surface area contributed by atoms with Crippen LogP contribution in [0.5, 0.6) is 0 Å². The molecule has 1 rings (SSSR count). The van der Waals surface area contributed by atoms with Gasteiger partial charge < -0.3 is 9.64 Å². The number of carbonyl (C=O) groups is 1. The molecule has 0 radical (unpaired) electrons. The highest BCUT2D eigenvalue weighted by Gasteiger charge is 2.27. The van der Waals surface area contributed by atoms with E-state index in [9.17, 15) is 4.79 Å². The highest BCUT2D eigenvalue weighted by molar-refractivity contribution is 6.30. The highest BCUT2D eigenvalue weighted by atomic mass is 35.5. The van der Waals surface area contributed by atoms with Crippen molar-refractivity contribution in [2.75, 3.05) is 19.8 Å². The van der Waals surface area contributed by atoms with Crippen molar-refractivity contribution in [3.63, 3.8) is 0 Å². The van der Waals surface area contributed by atoms with E-state index in [-0.39, 0.29) is 11.9 Å². The SMILES string of the molecule is CCC1COCCN1C(=O)C(C)Cl. The highest BCUT2D eigenvalue weighted by Crippen LogP contribution is 2.13. The molecule has 1 saturated heterocycles. The van der Waals surface area contributed by atoms with Gasteiger partial charge in [0.2, 0.25) is 5.91 Å². The summed E-state index contributed by atoms with van der Waals surface area (Å²) in [6.07, 6.45) is 0.926. The minimum Gasteiger partial charge on any atom is -0.377 e. The Kier molecular flexibility index (Phi) is 4.00. The largest absolute Gasteiger partial charge is 0.377 e. The van der Waals surface area contributed by atoms with E-state index in [1.165, 1.54) is 0 Å². The topological polar surface area (TPSA) is 29.5 Å². The van der Waals surface area contributed by atoms with Crippen LogP contribution in [-0.4, -0.2) is 42.0 Å². The Balaban J connectivity index is 2.58. The maximum Gasteiger partial charge on any atom is 0.240 e. The molecule has 76 valence electrons.